The van der Waals surface area contributed by atoms with Crippen LogP contribution in [-0.4, -0.2) is 82.9 Å². The van der Waals surface area contributed by atoms with E-state index in [-0.39, 0.29) is 33.0 Å². The fourth-order valence-corrected chi connectivity index (χ4v) is 6.93. The third kappa shape index (κ3) is 8.74. The van der Waals surface area contributed by atoms with Crippen molar-refractivity contribution in [3.05, 3.63) is 181 Å². The maximum atomic E-state index is 13.1. The Labute approximate surface area is 360 Å². The number of hydrogen-bond donors (Lipinski definition) is 4. The molecule has 5 aromatic carbocycles. The van der Waals surface area contributed by atoms with Crippen LogP contribution in [0.5, 0.6) is 0 Å². The molecule has 2 amide bonds. The van der Waals surface area contributed by atoms with Crippen LogP contribution < -0.4 is 31.4 Å². The Morgan fingerprint density at radius 1 is 0.778 bits per heavy atom. The van der Waals surface area contributed by atoms with Gasteiger partial charge in [-0.2, -0.15) is 4.99 Å². The van der Waals surface area contributed by atoms with E-state index in [9.17, 15) is 28.8 Å². The van der Waals surface area contributed by atoms with Crippen molar-refractivity contribution >= 4 is 63.6 Å². The molecule has 0 bridgehead atoms. The largest absolute Gasteiger partial charge is 0.478 e. The number of benzene rings is 5. The fourth-order valence-electron chi connectivity index (χ4n) is 6.93. The van der Waals surface area contributed by atoms with Crippen molar-refractivity contribution in [2.45, 2.75) is 13.8 Å². The van der Waals surface area contributed by atoms with Gasteiger partial charge in [0.2, 0.25) is 0 Å². The lowest BCUT2D eigenvalue weighted by molar-refractivity contribution is -0.113. The number of ketones is 1. The predicted octanol–water partition coefficient (Wildman–Crippen LogP) is 5.32. The molecular weight excluding hydrogens is 803 g/mol. The molecule has 8 rings (SSSR count). The quantitative estimate of drug-likeness (QED) is 0.131. The van der Waals surface area contributed by atoms with E-state index in [2.05, 4.69) is 33.3 Å². The Hall–Kier alpha value is -8.46. The van der Waals surface area contributed by atoms with Crippen LogP contribution in [0.15, 0.2) is 142 Å². The number of carbonyl (C=O) groups is 5. The molecule has 0 saturated carbocycles. The van der Waals surface area contributed by atoms with Crippen molar-refractivity contribution in [1.29, 1.82) is 0 Å². The van der Waals surface area contributed by atoms with Gasteiger partial charge in [0, 0.05) is 55.9 Å². The van der Waals surface area contributed by atoms with Crippen molar-refractivity contribution in [2.24, 2.45) is 9.98 Å². The van der Waals surface area contributed by atoms with Gasteiger partial charge in [-0.1, -0.05) is 36.4 Å². The van der Waals surface area contributed by atoms with Crippen molar-refractivity contribution in [3.63, 3.8) is 0 Å². The number of aromatic carboxylic acids is 2. The zero-order valence-corrected chi connectivity index (χ0v) is 34.8. The maximum absolute atomic E-state index is 13.1. The summed E-state index contributed by atoms with van der Waals surface area (Å²) in [5, 5.41) is 23.8. The number of aryl methyl sites for hydroxylation is 1. The summed E-state index contributed by atoms with van der Waals surface area (Å²) in [5.74, 6) is -3.56. The number of anilines is 3. The van der Waals surface area contributed by atoms with E-state index >= 15 is 0 Å². The minimum atomic E-state index is -1.06. The highest BCUT2D eigenvalue weighted by atomic mass is 16.4. The van der Waals surface area contributed by atoms with Crippen molar-refractivity contribution in [1.82, 2.24) is 9.78 Å². The Kier molecular flexibility index (Phi) is 11.9. The van der Waals surface area contributed by atoms with Gasteiger partial charge >= 0.3 is 11.9 Å². The van der Waals surface area contributed by atoms with Gasteiger partial charge in [0.25, 0.3) is 17.4 Å². The molecule has 0 saturated heterocycles. The number of aliphatic imine (C=N–C) groups is 1. The third-order valence-corrected chi connectivity index (χ3v) is 10.5. The van der Waals surface area contributed by atoms with Crippen molar-refractivity contribution in [3.8, 4) is 5.69 Å². The molecule has 0 fully saturated rings. The summed E-state index contributed by atoms with van der Waals surface area (Å²) in [6, 6.07) is 31.9. The SMILES string of the molecule is CCN(C)c1ccc(N=C2C=C(C(=O)Nc3ccc(C(=O)O)cc3)C(=O)c3ccccc32)c(C)c1.CN(C)c1ccc(C2=c3c([nH]n(-c4ccc(C(=O)O)cc4)c3=O)=NC2=O)cc1. The second kappa shape index (κ2) is 17.6. The first-order valence-corrected chi connectivity index (χ1v) is 19.7. The average Bonchev–Trinajstić information content (AvgIpc) is 3.78. The molecule has 2 aliphatic rings. The number of carboxylic acid groups (broad SMARTS) is 2. The highest BCUT2D eigenvalue weighted by Crippen LogP contribution is 2.29. The first-order valence-electron chi connectivity index (χ1n) is 19.7. The first kappa shape index (κ1) is 42.7. The zero-order chi connectivity index (χ0) is 45.1. The molecule has 15 nitrogen and oxygen atoms in total. The number of Topliss-reactive ketones (excluding diaryl/α,β-unsaturated/α-hetero) is 1. The number of H-pyrrole nitrogens is 1. The van der Waals surface area contributed by atoms with Gasteiger partial charge in [-0.3, -0.25) is 24.3 Å². The topological polar surface area (TPSA) is 207 Å². The molecule has 1 aliphatic heterocycles. The minimum Gasteiger partial charge on any atom is -0.478 e. The molecule has 0 atom stereocenters. The smallest absolute Gasteiger partial charge is 0.335 e. The van der Waals surface area contributed by atoms with E-state index in [1.807, 2.05) is 69.4 Å². The van der Waals surface area contributed by atoms with Crippen LogP contribution in [0.4, 0.5) is 22.7 Å². The molecule has 4 N–H and O–H groups in total. The predicted molar refractivity (Wildman–Crippen MR) is 240 cm³/mol. The van der Waals surface area contributed by atoms with E-state index in [1.165, 1.54) is 59.3 Å². The number of nitrogens with zero attached hydrogens (tertiary/aromatic N) is 5. The summed E-state index contributed by atoms with van der Waals surface area (Å²) < 4.78 is 1.25. The number of hydrogen-bond acceptors (Lipinski definition) is 9. The second-order valence-electron chi connectivity index (χ2n) is 14.8. The molecule has 0 unspecified atom stereocenters. The number of carbonyl (C=O) groups excluding carboxylic acids is 3. The second-order valence-corrected chi connectivity index (χ2v) is 14.8. The summed E-state index contributed by atoms with van der Waals surface area (Å²) in [6.07, 6.45) is 1.51. The first-order chi connectivity index (χ1) is 30.1. The summed E-state index contributed by atoms with van der Waals surface area (Å²) >= 11 is 0. The zero-order valence-electron chi connectivity index (χ0n) is 34.8. The van der Waals surface area contributed by atoms with E-state index < -0.39 is 35.1 Å². The van der Waals surface area contributed by atoms with E-state index in [0.717, 1.165) is 29.2 Å². The molecule has 1 aliphatic carbocycles. The van der Waals surface area contributed by atoms with Crippen LogP contribution in [0.1, 0.15) is 54.7 Å². The van der Waals surface area contributed by atoms with Crippen LogP contribution >= 0.6 is 0 Å². The van der Waals surface area contributed by atoms with Gasteiger partial charge < -0.3 is 25.3 Å². The van der Waals surface area contributed by atoms with Gasteiger partial charge in [-0.25, -0.2) is 19.3 Å². The van der Waals surface area contributed by atoms with Crippen molar-refractivity contribution in [2.75, 3.05) is 42.8 Å². The molecule has 0 spiro atoms. The van der Waals surface area contributed by atoms with E-state index in [4.69, 9.17) is 15.2 Å². The Morgan fingerprint density at radius 3 is 1.97 bits per heavy atom. The summed E-state index contributed by atoms with van der Waals surface area (Å²) in [4.78, 5) is 86.4. The molecule has 0 radical (unpaired) electrons. The Balaban J connectivity index is 0.000000193. The summed E-state index contributed by atoms with van der Waals surface area (Å²) in [5.41, 5.74) is 7.02. The standard InChI is InChI=1S/C28H25N3O4.C20H16N4O4/c1-4-31(3)20-13-14-24(17(2)15-20)30-25-16-23(26(32)22-8-6-5-7-21(22)25)27(33)29-19-11-9-18(10-12-19)28(34)35;1-23(2)13-7-3-11(4-8-13)15-16-17(21-18(15)25)22-24(19(16)26)14-9-5-12(6-10-14)20(27)28/h5-16H,4H2,1-3H3,(H,29,33)(H,34,35);3-10H,1-2H3,(H,27,28)(H,21,22,25). The van der Waals surface area contributed by atoms with Gasteiger partial charge in [-0.05, 0) is 110 Å². The monoisotopic (exact) mass is 843 g/mol. The summed E-state index contributed by atoms with van der Waals surface area (Å²) in [7, 11) is 5.85. The lowest BCUT2D eigenvalue weighted by Crippen LogP contribution is -2.35. The molecule has 1 aromatic heterocycles. The van der Waals surface area contributed by atoms with Crippen molar-refractivity contribution < 1.29 is 34.2 Å². The maximum Gasteiger partial charge on any atom is 0.335 e. The van der Waals surface area contributed by atoms with Crippen LogP contribution in [0.2, 0.25) is 0 Å². The number of carboxylic acids is 2. The molecule has 316 valence electrons. The number of fused-ring (bicyclic) bond motifs is 2. The van der Waals surface area contributed by atoms with Crippen LogP contribution in [0, 0.1) is 6.92 Å². The van der Waals surface area contributed by atoms with E-state index in [0.29, 0.717) is 33.8 Å². The third-order valence-electron chi connectivity index (χ3n) is 10.5. The van der Waals surface area contributed by atoms with Crippen LogP contribution in [-0.2, 0) is 9.59 Å². The Bertz CT molecular complexity index is 3090. The average molecular weight is 844 g/mol. The molecule has 2 heterocycles. The number of nitrogens with one attached hydrogen (secondary N) is 2. The molecule has 63 heavy (non-hydrogen) atoms. The highest BCUT2D eigenvalue weighted by molar-refractivity contribution is 6.37. The summed E-state index contributed by atoms with van der Waals surface area (Å²) in [6.45, 7) is 4.94. The van der Waals surface area contributed by atoms with E-state index in [1.54, 1.807) is 24.3 Å². The number of aromatic amines is 1. The molecular formula is C48H41N7O8. The fraction of sp³-hybridized carbons (Fsp3) is 0.125. The molecule has 15 heteroatoms. The Morgan fingerprint density at radius 2 is 1.38 bits per heavy atom. The lowest BCUT2D eigenvalue weighted by atomic mass is 9.88. The van der Waals surface area contributed by atoms with Crippen LogP contribution in [0.25, 0.3) is 11.3 Å². The normalized spacial score (nSPS) is 13.3. The number of allylic oxidation sites excluding steroid dienone is 1. The van der Waals surface area contributed by atoms with Gasteiger partial charge in [0.1, 0.15) is 0 Å². The van der Waals surface area contributed by atoms with Gasteiger partial charge in [0.05, 0.1) is 44.6 Å². The van der Waals surface area contributed by atoms with Gasteiger partial charge in [-0.15, -0.1) is 0 Å². The highest BCUT2D eigenvalue weighted by Gasteiger charge is 2.29. The van der Waals surface area contributed by atoms with Gasteiger partial charge in [0.15, 0.2) is 11.3 Å². The number of aromatic nitrogens is 2. The molecule has 6 aromatic rings. The minimum absolute atomic E-state index is 0.0373. The number of rotatable bonds is 10. The van der Waals surface area contributed by atoms with Crippen LogP contribution in [0.3, 0.4) is 0 Å². The lowest BCUT2D eigenvalue weighted by Gasteiger charge is -2.19. The number of amides is 2.